The average Bonchev–Trinajstić information content (AvgIpc) is 2.92. The van der Waals surface area contributed by atoms with Gasteiger partial charge in [-0.1, -0.05) is 160 Å². The van der Waals surface area contributed by atoms with Crippen molar-refractivity contribution < 1.29 is 19.4 Å². The van der Waals surface area contributed by atoms with Gasteiger partial charge in [0.2, 0.25) is 0 Å². The van der Waals surface area contributed by atoms with Gasteiger partial charge in [0, 0.05) is 0 Å². The van der Waals surface area contributed by atoms with Crippen LogP contribution in [0.15, 0.2) is 24.8 Å². The summed E-state index contributed by atoms with van der Waals surface area (Å²) in [7, 11) is 0. The van der Waals surface area contributed by atoms with Crippen LogP contribution in [0.4, 0.5) is 0 Å². The number of carboxylic acids is 1. The molecule has 0 fully saturated rings. The van der Waals surface area contributed by atoms with Crippen molar-refractivity contribution in [3.8, 4) is 0 Å². The zero-order valence-electron chi connectivity index (χ0n) is 25.8. The normalized spacial score (nSPS) is 12.1. The topological polar surface area (TPSA) is 63.6 Å². The van der Waals surface area contributed by atoms with Crippen LogP contribution >= 0.6 is 0 Å². The van der Waals surface area contributed by atoms with Gasteiger partial charge in [-0.15, -0.1) is 0 Å². The molecule has 0 aromatic rings. The van der Waals surface area contributed by atoms with E-state index in [1.54, 1.807) is 0 Å². The molecule has 0 heterocycles. The molecule has 0 saturated heterocycles. The summed E-state index contributed by atoms with van der Waals surface area (Å²) in [6, 6.07) is 0. The Hall–Kier alpha value is -1.58. The minimum atomic E-state index is -0.945. The molecular weight excluding hydrogens is 484 g/mol. The second kappa shape index (κ2) is 31.0. The number of allylic oxidation sites excluding steroid dienone is 2. The molecule has 228 valence electrons. The highest BCUT2D eigenvalue weighted by atomic mass is 16.5. The maximum atomic E-state index is 12.0. The second-order valence-corrected chi connectivity index (χ2v) is 11.5. The Balaban J connectivity index is 3.38. The van der Waals surface area contributed by atoms with Gasteiger partial charge < -0.3 is 9.84 Å². The SMILES string of the molecule is C=CCOC(=O)C(CCCCCCCCC/C=C/CCCCCCCCCCCCCCCCC)CC(=O)O. The van der Waals surface area contributed by atoms with Gasteiger partial charge in [0.15, 0.2) is 0 Å². The van der Waals surface area contributed by atoms with Crippen LogP contribution in [0.25, 0.3) is 0 Å². The van der Waals surface area contributed by atoms with Crippen molar-refractivity contribution in [2.24, 2.45) is 5.92 Å². The van der Waals surface area contributed by atoms with Crippen molar-refractivity contribution in [2.75, 3.05) is 6.61 Å². The number of hydrogen-bond acceptors (Lipinski definition) is 3. The minimum absolute atomic E-state index is 0.143. The fourth-order valence-corrected chi connectivity index (χ4v) is 5.18. The van der Waals surface area contributed by atoms with E-state index in [1.165, 1.54) is 141 Å². The first-order valence-corrected chi connectivity index (χ1v) is 16.8. The van der Waals surface area contributed by atoms with E-state index in [-0.39, 0.29) is 13.0 Å². The number of ether oxygens (including phenoxy) is 1. The first-order chi connectivity index (χ1) is 19.1. The van der Waals surface area contributed by atoms with E-state index in [0.717, 1.165) is 19.3 Å². The predicted octanol–water partition coefficient (Wildman–Crippen LogP) is 11.1. The van der Waals surface area contributed by atoms with Gasteiger partial charge >= 0.3 is 11.9 Å². The highest BCUT2D eigenvalue weighted by Crippen LogP contribution is 2.18. The number of carboxylic acid groups (broad SMARTS) is 1. The van der Waals surface area contributed by atoms with E-state index < -0.39 is 17.9 Å². The molecule has 0 aliphatic heterocycles. The summed E-state index contributed by atoms with van der Waals surface area (Å²) in [5, 5.41) is 9.02. The van der Waals surface area contributed by atoms with Crippen LogP contribution in [0.2, 0.25) is 0 Å². The van der Waals surface area contributed by atoms with Crippen LogP contribution in [0.1, 0.15) is 174 Å². The quantitative estimate of drug-likeness (QED) is 0.0531. The van der Waals surface area contributed by atoms with Crippen molar-refractivity contribution in [1.29, 1.82) is 0 Å². The summed E-state index contributed by atoms with van der Waals surface area (Å²) in [4.78, 5) is 23.0. The Bertz CT molecular complexity index is 583. The van der Waals surface area contributed by atoms with Crippen molar-refractivity contribution in [3.05, 3.63) is 24.8 Å². The van der Waals surface area contributed by atoms with E-state index in [2.05, 4.69) is 25.7 Å². The molecule has 0 spiro atoms. The summed E-state index contributed by atoms with van der Waals surface area (Å²) < 4.78 is 5.04. The van der Waals surface area contributed by atoms with Crippen molar-refractivity contribution in [2.45, 2.75) is 174 Å². The first-order valence-electron chi connectivity index (χ1n) is 16.8. The molecular formula is C35H64O4. The molecule has 0 rings (SSSR count). The molecule has 4 nitrogen and oxygen atoms in total. The molecule has 0 radical (unpaired) electrons. The standard InChI is InChI=1S/C35H64O4/c1-3-5-6-7-8-9-10-11-12-13-14-15-16-17-18-19-20-21-22-23-24-25-26-27-28-29-30-33(32-34(36)37)35(38)39-31-4-2/h4,20-21,33H,2-3,5-19,22-32H2,1H3,(H,36,37)/b21-20+. The highest BCUT2D eigenvalue weighted by Gasteiger charge is 2.22. The highest BCUT2D eigenvalue weighted by molar-refractivity contribution is 5.79. The van der Waals surface area contributed by atoms with Crippen molar-refractivity contribution in [3.63, 3.8) is 0 Å². The Labute approximate surface area is 242 Å². The largest absolute Gasteiger partial charge is 0.481 e. The van der Waals surface area contributed by atoms with Crippen molar-refractivity contribution in [1.82, 2.24) is 0 Å². The Morgan fingerprint density at radius 3 is 1.41 bits per heavy atom. The Morgan fingerprint density at radius 2 is 1.03 bits per heavy atom. The Kier molecular flexibility index (Phi) is 29.7. The summed E-state index contributed by atoms with van der Waals surface area (Å²) in [6.07, 6.45) is 38.6. The van der Waals surface area contributed by atoms with Gasteiger partial charge in [0.1, 0.15) is 6.61 Å². The lowest BCUT2D eigenvalue weighted by molar-refractivity contribution is -0.152. The number of aliphatic carboxylic acids is 1. The van der Waals surface area contributed by atoms with Crippen LogP contribution in [0, 0.1) is 5.92 Å². The first kappa shape index (κ1) is 37.4. The van der Waals surface area contributed by atoms with Crippen molar-refractivity contribution >= 4 is 11.9 Å². The number of rotatable bonds is 31. The third-order valence-corrected chi connectivity index (χ3v) is 7.66. The van der Waals surface area contributed by atoms with E-state index in [0.29, 0.717) is 6.42 Å². The van der Waals surface area contributed by atoms with Gasteiger partial charge in [-0.2, -0.15) is 0 Å². The van der Waals surface area contributed by atoms with Crippen LogP contribution in [-0.2, 0) is 14.3 Å². The van der Waals surface area contributed by atoms with Gasteiger partial charge in [-0.05, 0) is 32.1 Å². The van der Waals surface area contributed by atoms with Gasteiger partial charge in [-0.25, -0.2) is 0 Å². The Morgan fingerprint density at radius 1 is 0.641 bits per heavy atom. The van der Waals surface area contributed by atoms with E-state index in [1.807, 2.05) is 0 Å². The molecule has 0 aromatic carbocycles. The number of carbonyl (C=O) groups is 2. The lowest BCUT2D eigenvalue weighted by atomic mass is 9.97. The van der Waals surface area contributed by atoms with Crippen LogP contribution in [0.3, 0.4) is 0 Å². The van der Waals surface area contributed by atoms with Crippen LogP contribution < -0.4 is 0 Å². The third-order valence-electron chi connectivity index (χ3n) is 7.66. The zero-order valence-corrected chi connectivity index (χ0v) is 25.8. The number of unbranched alkanes of at least 4 members (excludes halogenated alkanes) is 22. The number of esters is 1. The molecule has 0 saturated carbocycles. The maximum Gasteiger partial charge on any atom is 0.309 e. The summed E-state index contributed by atoms with van der Waals surface area (Å²) in [6.45, 7) is 5.95. The van der Waals surface area contributed by atoms with Gasteiger partial charge in [0.25, 0.3) is 0 Å². The molecule has 0 aliphatic carbocycles. The number of hydrogen-bond donors (Lipinski definition) is 1. The summed E-state index contributed by atoms with van der Waals surface area (Å²) >= 11 is 0. The van der Waals surface area contributed by atoms with Crippen LogP contribution in [0.5, 0.6) is 0 Å². The summed E-state index contributed by atoms with van der Waals surface area (Å²) in [5.74, 6) is -1.90. The fourth-order valence-electron chi connectivity index (χ4n) is 5.18. The molecule has 39 heavy (non-hydrogen) atoms. The second-order valence-electron chi connectivity index (χ2n) is 11.5. The molecule has 0 bridgehead atoms. The molecule has 0 amide bonds. The predicted molar refractivity (Wildman–Crippen MR) is 167 cm³/mol. The van der Waals surface area contributed by atoms with Gasteiger partial charge in [-0.3, -0.25) is 9.59 Å². The van der Waals surface area contributed by atoms with Gasteiger partial charge in [0.05, 0.1) is 12.3 Å². The molecule has 4 heteroatoms. The fraction of sp³-hybridized carbons (Fsp3) is 0.829. The lowest BCUT2D eigenvalue weighted by Crippen LogP contribution is -2.21. The molecule has 1 N–H and O–H groups in total. The monoisotopic (exact) mass is 548 g/mol. The number of carbonyl (C=O) groups excluding carboxylic acids is 1. The smallest absolute Gasteiger partial charge is 0.309 e. The minimum Gasteiger partial charge on any atom is -0.481 e. The molecule has 0 aromatic heterocycles. The molecule has 0 aliphatic rings. The van der Waals surface area contributed by atoms with Crippen LogP contribution in [-0.4, -0.2) is 23.7 Å². The molecule has 1 atom stereocenters. The maximum absolute atomic E-state index is 12.0. The van der Waals surface area contributed by atoms with E-state index >= 15 is 0 Å². The van der Waals surface area contributed by atoms with E-state index in [4.69, 9.17) is 9.84 Å². The lowest BCUT2D eigenvalue weighted by Gasteiger charge is -2.13. The third kappa shape index (κ3) is 29.2. The van der Waals surface area contributed by atoms with E-state index in [9.17, 15) is 9.59 Å². The average molecular weight is 549 g/mol. The molecule has 1 unspecified atom stereocenters. The summed E-state index contributed by atoms with van der Waals surface area (Å²) in [5.41, 5.74) is 0. The zero-order chi connectivity index (χ0) is 28.7.